The lowest BCUT2D eigenvalue weighted by molar-refractivity contribution is 0.0696. The summed E-state index contributed by atoms with van der Waals surface area (Å²) in [5.41, 5.74) is 0.284. The molecule has 0 atom stereocenters. The van der Waals surface area contributed by atoms with Crippen molar-refractivity contribution in [2.24, 2.45) is 0 Å². The number of carboxylic acids is 1. The summed E-state index contributed by atoms with van der Waals surface area (Å²) in [5.74, 6) is -1.18. The first kappa shape index (κ1) is 23.7. The van der Waals surface area contributed by atoms with Gasteiger partial charge in [-0.3, -0.25) is 4.31 Å². The first-order chi connectivity index (χ1) is 15.1. The van der Waals surface area contributed by atoms with E-state index in [1.54, 1.807) is 30.3 Å². The van der Waals surface area contributed by atoms with Gasteiger partial charge >= 0.3 is 5.97 Å². The van der Waals surface area contributed by atoms with Gasteiger partial charge in [-0.1, -0.05) is 29.8 Å². The monoisotopic (exact) mass is 494 g/mol. The number of nitrogens with zero attached hydrogens (tertiary/aromatic N) is 1. The van der Waals surface area contributed by atoms with Gasteiger partial charge in [0.25, 0.3) is 10.0 Å². The van der Waals surface area contributed by atoms with Crippen LogP contribution in [-0.4, -0.2) is 41.0 Å². The molecule has 168 valence electrons. The molecule has 0 heterocycles. The van der Waals surface area contributed by atoms with Crippen LogP contribution in [-0.2, 0) is 20.0 Å². The van der Waals surface area contributed by atoms with E-state index in [-0.39, 0.29) is 28.4 Å². The predicted octanol–water partition coefficient (Wildman–Crippen LogP) is 3.21. The number of carbonyl (C=O) groups is 1. The quantitative estimate of drug-likeness (QED) is 0.471. The zero-order valence-electron chi connectivity index (χ0n) is 16.5. The molecule has 0 bridgehead atoms. The molecule has 0 spiro atoms. The fourth-order valence-corrected chi connectivity index (χ4v) is 5.47. The van der Waals surface area contributed by atoms with Crippen molar-refractivity contribution in [1.29, 1.82) is 0 Å². The predicted molar refractivity (Wildman–Crippen MR) is 121 cm³/mol. The van der Waals surface area contributed by atoms with Crippen molar-refractivity contribution in [3.8, 4) is 0 Å². The Balaban J connectivity index is 1.85. The molecule has 0 fully saturated rings. The van der Waals surface area contributed by atoms with Crippen LogP contribution >= 0.6 is 11.6 Å². The van der Waals surface area contributed by atoms with E-state index in [9.17, 15) is 21.6 Å². The number of carboxylic acid groups (broad SMARTS) is 1. The first-order valence-electron chi connectivity index (χ1n) is 9.28. The van der Waals surface area contributed by atoms with Gasteiger partial charge in [0.2, 0.25) is 10.0 Å². The van der Waals surface area contributed by atoms with Crippen molar-refractivity contribution < 1.29 is 26.7 Å². The van der Waals surface area contributed by atoms with Crippen molar-refractivity contribution in [3.63, 3.8) is 0 Å². The largest absolute Gasteiger partial charge is 0.478 e. The minimum atomic E-state index is -4.10. The molecule has 0 aliphatic heterocycles. The molecule has 0 saturated carbocycles. The lowest BCUT2D eigenvalue weighted by Gasteiger charge is -2.24. The highest BCUT2D eigenvalue weighted by molar-refractivity contribution is 7.92. The second-order valence-corrected chi connectivity index (χ2v) is 10.7. The van der Waals surface area contributed by atoms with Gasteiger partial charge in [-0.05, 0) is 60.7 Å². The summed E-state index contributed by atoms with van der Waals surface area (Å²) in [7, 11) is -7.97. The minimum Gasteiger partial charge on any atom is -0.478 e. The van der Waals surface area contributed by atoms with Crippen LogP contribution in [0.2, 0.25) is 5.02 Å². The third-order valence-corrected chi connectivity index (χ3v) is 8.03. The van der Waals surface area contributed by atoms with Crippen molar-refractivity contribution in [2.45, 2.75) is 9.79 Å². The molecule has 0 aromatic heterocycles. The van der Waals surface area contributed by atoms with Gasteiger partial charge in [-0.15, -0.1) is 0 Å². The van der Waals surface area contributed by atoms with Crippen LogP contribution in [0, 0.1) is 0 Å². The second-order valence-electron chi connectivity index (χ2n) is 6.59. The van der Waals surface area contributed by atoms with Crippen LogP contribution in [0.15, 0.2) is 88.7 Å². The number of anilines is 1. The molecule has 0 aliphatic rings. The molecule has 8 nitrogen and oxygen atoms in total. The maximum absolute atomic E-state index is 13.3. The Morgan fingerprint density at radius 2 is 1.41 bits per heavy atom. The molecule has 0 saturated heterocycles. The zero-order valence-corrected chi connectivity index (χ0v) is 18.9. The number of aromatic carboxylic acids is 1. The zero-order chi connectivity index (χ0) is 23.4. The van der Waals surface area contributed by atoms with Gasteiger partial charge < -0.3 is 5.11 Å². The Kier molecular flexibility index (Phi) is 7.19. The van der Waals surface area contributed by atoms with Crippen LogP contribution in [0.3, 0.4) is 0 Å². The van der Waals surface area contributed by atoms with Crippen LogP contribution in [0.5, 0.6) is 0 Å². The molecule has 3 aromatic carbocycles. The number of hydrogen-bond donors (Lipinski definition) is 2. The molecule has 0 radical (unpaired) electrons. The molecular formula is C21H19ClN2O6S2. The van der Waals surface area contributed by atoms with E-state index < -0.39 is 26.0 Å². The number of sulfonamides is 2. The molecule has 0 aliphatic carbocycles. The van der Waals surface area contributed by atoms with Crippen LogP contribution in [0.1, 0.15) is 10.4 Å². The molecular weight excluding hydrogens is 476 g/mol. The molecule has 3 aromatic rings. The summed E-state index contributed by atoms with van der Waals surface area (Å²) in [5, 5.41) is 9.42. The van der Waals surface area contributed by atoms with E-state index in [1.165, 1.54) is 48.5 Å². The fourth-order valence-electron chi connectivity index (χ4n) is 2.86. The number of halogens is 1. The van der Waals surface area contributed by atoms with Crippen LogP contribution in [0.25, 0.3) is 0 Å². The molecule has 0 unspecified atom stereocenters. The minimum absolute atomic E-state index is 0.000257. The third-order valence-electron chi connectivity index (χ3n) is 4.46. The number of para-hydroxylation sites is 1. The van der Waals surface area contributed by atoms with Gasteiger partial charge in [-0.2, -0.15) is 0 Å². The molecule has 0 amide bonds. The lowest BCUT2D eigenvalue weighted by Crippen LogP contribution is -2.38. The van der Waals surface area contributed by atoms with Gasteiger partial charge in [0, 0.05) is 18.1 Å². The van der Waals surface area contributed by atoms with Crippen molar-refractivity contribution >= 4 is 43.3 Å². The first-order valence-corrected chi connectivity index (χ1v) is 12.6. The SMILES string of the molecule is O=C(O)c1ccc(S(=O)(=O)N(CCNS(=O)(=O)c2ccc(Cl)cc2)c2ccccc2)cc1. The Morgan fingerprint density at radius 3 is 1.97 bits per heavy atom. The summed E-state index contributed by atoms with van der Waals surface area (Å²) in [6.45, 7) is -0.397. The lowest BCUT2D eigenvalue weighted by atomic mass is 10.2. The maximum atomic E-state index is 13.3. The van der Waals surface area contributed by atoms with E-state index in [1.807, 2.05) is 0 Å². The summed E-state index contributed by atoms with van der Waals surface area (Å²) in [4.78, 5) is 10.9. The highest BCUT2D eigenvalue weighted by Gasteiger charge is 2.26. The van der Waals surface area contributed by atoms with Gasteiger partial charge in [-0.25, -0.2) is 26.4 Å². The Bertz CT molecular complexity index is 1290. The smallest absolute Gasteiger partial charge is 0.335 e. The summed E-state index contributed by atoms with van der Waals surface area (Å²) < 4.78 is 55.0. The van der Waals surface area contributed by atoms with Crippen LogP contribution < -0.4 is 9.03 Å². The molecule has 11 heteroatoms. The molecule has 2 N–H and O–H groups in total. The summed E-state index contributed by atoms with van der Waals surface area (Å²) in [6, 6.07) is 18.6. The Hall–Kier alpha value is -2.92. The fraction of sp³-hybridized carbons (Fsp3) is 0.0952. The number of rotatable bonds is 9. The Morgan fingerprint density at radius 1 is 0.844 bits per heavy atom. The summed E-state index contributed by atoms with van der Waals surface area (Å²) in [6.07, 6.45) is 0. The van der Waals surface area contributed by atoms with Crippen molar-refractivity contribution in [2.75, 3.05) is 17.4 Å². The normalized spacial score (nSPS) is 11.8. The van der Waals surface area contributed by atoms with Gasteiger partial charge in [0.1, 0.15) is 0 Å². The number of benzene rings is 3. The topological polar surface area (TPSA) is 121 Å². The maximum Gasteiger partial charge on any atom is 0.335 e. The van der Waals surface area contributed by atoms with E-state index in [4.69, 9.17) is 16.7 Å². The van der Waals surface area contributed by atoms with Gasteiger partial charge in [0.05, 0.1) is 21.0 Å². The van der Waals surface area contributed by atoms with E-state index in [2.05, 4.69) is 4.72 Å². The van der Waals surface area contributed by atoms with Crippen molar-refractivity contribution in [3.05, 3.63) is 89.4 Å². The standard InChI is InChI=1S/C21H19ClN2O6S2/c22-17-8-12-19(13-9-17)31(27,28)23-14-15-24(18-4-2-1-3-5-18)32(29,30)20-10-6-16(7-11-20)21(25)26/h1-13,23H,14-15H2,(H,25,26). The Labute approximate surface area is 191 Å². The number of hydrogen-bond acceptors (Lipinski definition) is 5. The van der Waals surface area contributed by atoms with E-state index >= 15 is 0 Å². The second kappa shape index (κ2) is 9.70. The highest BCUT2D eigenvalue weighted by Crippen LogP contribution is 2.23. The highest BCUT2D eigenvalue weighted by atomic mass is 35.5. The summed E-state index contributed by atoms with van der Waals surface area (Å²) >= 11 is 5.79. The third kappa shape index (κ3) is 5.46. The average molecular weight is 495 g/mol. The van der Waals surface area contributed by atoms with Gasteiger partial charge in [0.15, 0.2) is 0 Å². The number of nitrogens with one attached hydrogen (secondary N) is 1. The van der Waals surface area contributed by atoms with Crippen molar-refractivity contribution in [1.82, 2.24) is 4.72 Å². The van der Waals surface area contributed by atoms with Crippen LogP contribution in [0.4, 0.5) is 5.69 Å². The van der Waals surface area contributed by atoms with E-state index in [0.717, 1.165) is 4.31 Å². The molecule has 3 rings (SSSR count). The van der Waals surface area contributed by atoms with E-state index in [0.29, 0.717) is 10.7 Å². The average Bonchev–Trinajstić information content (AvgIpc) is 2.77. The molecule has 32 heavy (non-hydrogen) atoms.